The second kappa shape index (κ2) is 36.5. The van der Waals surface area contributed by atoms with Gasteiger partial charge in [0.2, 0.25) is 23.6 Å². The molecule has 0 saturated carbocycles. The van der Waals surface area contributed by atoms with Crippen molar-refractivity contribution in [2.24, 2.45) is 5.10 Å². The molecule has 3 aromatic rings. The fourth-order valence-corrected chi connectivity index (χ4v) is 10.8. The number of nitrogens with zero attached hydrogens (tertiary/aromatic N) is 10. The summed E-state index contributed by atoms with van der Waals surface area (Å²) < 4.78 is 33.8. The Hall–Kier alpha value is -7.97. The molecule has 26 nitrogen and oxygen atoms in total. The van der Waals surface area contributed by atoms with E-state index in [0.717, 1.165) is 37.1 Å². The quantitative estimate of drug-likeness (QED) is 0.0203. The topological polar surface area (TPSA) is 326 Å². The fraction of sp³-hybridized carbons (Fsp3) is 0.590. The van der Waals surface area contributed by atoms with Gasteiger partial charge in [-0.05, 0) is 94.7 Å². The molecule has 6 rings (SSSR count). The number of piperazine rings is 1. The molecule has 0 aliphatic carbocycles. The molecule has 2 atom stereocenters. The number of pyridine rings is 1. The number of benzene rings is 2. The summed E-state index contributed by atoms with van der Waals surface area (Å²) in [4.78, 5) is 117. The smallest absolute Gasteiger partial charge is 0.317 e. The van der Waals surface area contributed by atoms with Crippen LogP contribution in [0.15, 0.2) is 59.8 Å². The molecule has 486 valence electrons. The summed E-state index contributed by atoms with van der Waals surface area (Å²) in [5.74, 6) is -7.63. The van der Waals surface area contributed by atoms with Crippen molar-refractivity contribution >= 4 is 64.6 Å². The number of aliphatic carboxylic acids is 3. The van der Waals surface area contributed by atoms with Gasteiger partial charge in [-0.3, -0.25) is 73.3 Å². The SMILES string of the molecule is Cc1ccc(CCCC(=O)NCCCCC(N/N=C\CCC(=O)N2CCN(CCCCOc3ccc4nccc(C(=O)NCC(=O)N5CC(F)(F)C[C@@H]5C#N)c4c3)CC2)NC(=O)CN2CCN(CC(=O)O)CCN(CC(=O)O)CCN(CC(=O)O)CC2)cc1. The zero-order valence-corrected chi connectivity index (χ0v) is 50.8. The maximum absolute atomic E-state index is 13.9. The molecule has 3 aliphatic heterocycles. The van der Waals surface area contributed by atoms with Crippen LogP contribution in [0.1, 0.15) is 85.7 Å². The van der Waals surface area contributed by atoms with E-state index in [9.17, 15) is 67.7 Å². The molecule has 3 aliphatic rings. The maximum atomic E-state index is 13.9. The Bertz CT molecular complexity index is 2880. The number of aromatic nitrogens is 1. The van der Waals surface area contributed by atoms with Crippen LogP contribution in [0.4, 0.5) is 8.78 Å². The minimum atomic E-state index is -3.17. The Morgan fingerprint density at radius 3 is 1.97 bits per heavy atom. The molecule has 5 amide bonds. The van der Waals surface area contributed by atoms with Gasteiger partial charge in [-0.25, -0.2) is 8.78 Å². The number of carbonyl (C=O) groups excluding carboxylic acids is 5. The molecule has 28 heteroatoms. The van der Waals surface area contributed by atoms with Crippen LogP contribution in [-0.2, 0) is 40.0 Å². The van der Waals surface area contributed by atoms with E-state index in [1.807, 2.05) is 16.7 Å². The van der Waals surface area contributed by atoms with Gasteiger partial charge in [-0.1, -0.05) is 29.8 Å². The van der Waals surface area contributed by atoms with E-state index < -0.39 is 67.4 Å². The number of nitriles is 1. The number of hydrazone groups is 1. The minimum absolute atomic E-state index is 0.0121. The van der Waals surface area contributed by atoms with Crippen LogP contribution in [0.3, 0.4) is 0 Å². The molecule has 2 aromatic carbocycles. The highest BCUT2D eigenvalue weighted by atomic mass is 19.3. The lowest BCUT2D eigenvalue weighted by Gasteiger charge is -2.34. The normalized spacial score (nSPS) is 17.9. The molecule has 4 heterocycles. The largest absolute Gasteiger partial charge is 0.494 e. The Kier molecular flexibility index (Phi) is 28.8. The van der Waals surface area contributed by atoms with Gasteiger partial charge in [0.25, 0.3) is 11.8 Å². The van der Waals surface area contributed by atoms with E-state index in [2.05, 4.69) is 60.6 Å². The predicted octanol–water partition coefficient (Wildman–Crippen LogP) is 1.92. The average molecular weight is 1250 g/mol. The standard InChI is InChI=1S/C61H86F2N14O12/c1-45-12-14-46(15-13-45)8-6-10-53(78)66-19-3-2-9-52(69-54(79)40-72-23-25-73(41-57(82)83)27-29-75(43-59(86)87)30-28-74(26-24-72)42-58(84)85)70-68-20-7-11-55(80)76-33-31-71(32-34-76)22-4-5-35-89-48-16-17-51-50(36-48)49(18-21-65-51)60(88)67-39-56(81)77-44-61(62,63)37-47(77)38-64/h12-18,20-21,36,47,52,70H,2-11,19,22-35,37,39-44H2,1H3,(H,66,78)(H,67,88)(H,69,79)(H,82,83)(H,84,85)(H,86,87)/b68-20-/t47-,52?/m1/s1. The third kappa shape index (κ3) is 25.6. The maximum Gasteiger partial charge on any atom is 0.317 e. The number of carboxylic acids is 3. The van der Waals surface area contributed by atoms with Crippen LogP contribution in [0.25, 0.3) is 10.9 Å². The Labute approximate surface area is 517 Å². The van der Waals surface area contributed by atoms with E-state index >= 15 is 0 Å². The second-order valence-electron chi connectivity index (χ2n) is 22.8. The third-order valence-electron chi connectivity index (χ3n) is 15.7. The lowest BCUT2D eigenvalue weighted by atomic mass is 10.1. The molecule has 3 saturated heterocycles. The fourth-order valence-electron chi connectivity index (χ4n) is 10.8. The minimum Gasteiger partial charge on any atom is -0.494 e. The Morgan fingerprint density at radius 2 is 1.35 bits per heavy atom. The number of rotatable bonds is 32. The van der Waals surface area contributed by atoms with Crippen LogP contribution in [0.5, 0.6) is 5.75 Å². The van der Waals surface area contributed by atoms with Crippen LogP contribution in [0.2, 0.25) is 0 Å². The Balaban J connectivity index is 0.936. The highest BCUT2D eigenvalue weighted by Crippen LogP contribution is 2.32. The summed E-state index contributed by atoms with van der Waals surface area (Å²) in [6, 6.07) is 15.3. The van der Waals surface area contributed by atoms with Gasteiger partial charge in [-0.2, -0.15) is 10.4 Å². The van der Waals surface area contributed by atoms with Crippen molar-refractivity contribution in [3.05, 3.63) is 71.4 Å². The van der Waals surface area contributed by atoms with Crippen molar-refractivity contribution in [1.82, 2.24) is 60.7 Å². The third-order valence-corrected chi connectivity index (χ3v) is 15.7. The van der Waals surface area contributed by atoms with Crippen molar-refractivity contribution in [2.45, 2.75) is 95.7 Å². The predicted molar refractivity (Wildman–Crippen MR) is 325 cm³/mol. The number of unbranched alkanes of at least 4 members (excludes halogenated alkanes) is 2. The van der Waals surface area contributed by atoms with Crippen molar-refractivity contribution in [1.29, 1.82) is 5.26 Å². The number of likely N-dealkylation sites (tertiary alicyclic amines) is 1. The Morgan fingerprint density at radius 1 is 0.730 bits per heavy atom. The van der Waals surface area contributed by atoms with E-state index in [-0.39, 0.29) is 108 Å². The number of hydrogen-bond acceptors (Lipinski definition) is 18. The molecule has 0 bridgehead atoms. The molecule has 0 radical (unpaired) electrons. The number of aryl methyl sites for hydroxylation is 2. The van der Waals surface area contributed by atoms with Crippen LogP contribution < -0.4 is 26.1 Å². The zero-order chi connectivity index (χ0) is 64.1. The van der Waals surface area contributed by atoms with Crippen LogP contribution in [-0.4, -0.2) is 264 Å². The number of hydrogen-bond donors (Lipinski definition) is 7. The van der Waals surface area contributed by atoms with Crippen molar-refractivity contribution in [2.75, 3.05) is 138 Å². The summed E-state index contributed by atoms with van der Waals surface area (Å²) >= 11 is 0. The number of alkyl halides is 2. The van der Waals surface area contributed by atoms with Gasteiger partial charge in [0.1, 0.15) is 18.0 Å². The first-order valence-corrected chi connectivity index (χ1v) is 30.5. The lowest BCUT2D eigenvalue weighted by molar-refractivity contribution is -0.140. The first kappa shape index (κ1) is 70.1. The van der Waals surface area contributed by atoms with E-state index in [1.165, 1.54) is 23.4 Å². The second-order valence-corrected chi connectivity index (χ2v) is 22.8. The molecule has 89 heavy (non-hydrogen) atoms. The molecule has 0 spiro atoms. The number of carbonyl (C=O) groups is 8. The van der Waals surface area contributed by atoms with Gasteiger partial charge < -0.3 is 45.8 Å². The highest BCUT2D eigenvalue weighted by molar-refractivity contribution is 6.07. The van der Waals surface area contributed by atoms with Crippen LogP contribution in [0, 0.1) is 18.3 Å². The zero-order valence-electron chi connectivity index (χ0n) is 50.8. The van der Waals surface area contributed by atoms with Crippen molar-refractivity contribution in [3.8, 4) is 11.8 Å². The van der Waals surface area contributed by atoms with E-state index in [0.29, 0.717) is 88.1 Å². The highest BCUT2D eigenvalue weighted by Gasteiger charge is 2.47. The number of ether oxygens (including phenoxy) is 1. The first-order valence-electron chi connectivity index (χ1n) is 30.5. The van der Waals surface area contributed by atoms with Crippen LogP contribution >= 0.6 is 0 Å². The molecule has 3 fully saturated rings. The molecule has 7 N–H and O–H groups in total. The van der Waals surface area contributed by atoms with E-state index in [4.69, 9.17) is 4.74 Å². The number of fused-ring (bicyclic) bond motifs is 1. The molecule has 1 unspecified atom stereocenters. The molecule has 1 aromatic heterocycles. The summed E-state index contributed by atoms with van der Waals surface area (Å²) in [5.41, 5.74) is 6.12. The summed E-state index contributed by atoms with van der Waals surface area (Å²) in [6.07, 6.45) is 7.36. The van der Waals surface area contributed by atoms with Gasteiger partial charge >= 0.3 is 17.9 Å². The van der Waals surface area contributed by atoms with Gasteiger partial charge in [-0.15, -0.1) is 0 Å². The number of nitrogens with one attached hydrogen (secondary N) is 4. The molecular weight excluding hydrogens is 1160 g/mol. The van der Waals surface area contributed by atoms with Crippen molar-refractivity contribution < 1.29 is 67.2 Å². The number of amides is 5. The van der Waals surface area contributed by atoms with Gasteiger partial charge in [0, 0.05) is 122 Å². The average Bonchev–Trinajstić information content (AvgIpc) is 2.34. The summed E-state index contributed by atoms with van der Waals surface area (Å²) in [6.45, 7) is 5.76. The number of carboxylic acid groups (broad SMARTS) is 3. The van der Waals surface area contributed by atoms with E-state index in [1.54, 1.807) is 45.2 Å². The van der Waals surface area contributed by atoms with Crippen molar-refractivity contribution in [3.63, 3.8) is 0 Å². The first-order chi connectivity index (χ1) is 42.7. The van der Waals surface area contributed by atoms with Gasteiger partial charge in [0.05, 0.1) is 63.0 Å². The lowest BCUT2D eigenvalue weighted by Crippen LogP contribution is -2.51. The summed E-state index contributed by atoms with van der Waals surface area (Å²) in [7, 11) is 0. The number of halogens is 2. The monoisotopic (exact) mass is 1240 g/mol. The molecular formula is C61H86F2N14O12. The van der Waals surface area contributed by atoms with Gasteiger partial charge in [0.15, 0.2) is 0 Å². The summed E-state index contributed by atoms with van der Waals surface area (Å²) in [5, 5.41) is 51.4.